The van der Waals surface area contributed by atoms with Crippen LogP contribution < -0.4 is 10.6 Å². The van der Waals surface area contributed by atoms with Gasteiger partial charge in [0, 0.05) is 30.9 Å². The minimum atomic E-state index is -0.904. The van der Waals surface area contributed by atoms with Gasteiger partial charge in [0.15, 0.2) is 0 Å². The van der Waals surface area contributed by atoms with E-state index in [1.165, 1.54) is 4.90 Å². The number of likely N-dealkylation sites (tertiary alicyclic amines) is 1. The van der Waals surface area contributed by atoms with Crippen molar-refractivity contribution in [2.45, 2.75) is 19.8 Å². The average Bonchev–Trinajstić information content (AvgIpc) is 3.13. The average molecular weight is 395 g/mol. The highest BCUT2D eigenvalue weighted by atomic mass is 16.4. The Labute approximate surface area is 169 Å². The fourth-order valence-corrected chi connectivity index (χ4v) is 3.28. The third-order valence-electron chi connectivity index (χ3n) is 5.22. The summed E-state index contributed by atoms with van der Waals surface area (Å²) >= 11 is 0. The third kappa shape index (κ3) is 5.13. The fraction of sp³-hybridized carbons (Fsp3) is 0.318. The molecule has 1 saturated heterocycles. The van der Waals surface area contributed by atoms with E-state index in [0.717, 1.165) is 12.0 Å². The minimum absolute atomic E-state index is 0.171. The van der Waals surface area contributed by atoms with Gasteiger partial charge in [-0.2, -0.15) is 0 Å². The molecule has 7 nitrogen and oxygen atoms in total. The van der Waals surface area contributed by atoms with E-state index in [1.807, 2.05) is 30.3 Å². The number of anilines is 1. The number of rotatable bonds is 6. The van der Waals surface area contributed by atoms with Crippen LogP contribution in [0.5, 0.6) is 0 Å². The topological polar surface area (TPSA) is 98.7 Å². The van der Waals surface area contributed by atoms with E-state index in [1.54, 1.807) is 31.2 Å². The molecule has 0 aromatic heterocycles. The summed E-state index contributed by atoms with van der Waals surface area (Å²) in [4.78, 5) is 37.4. The summed E-state index contributed by atoms with van der Waals surface area (Å²) in [6, 6.07) is 16.2. The van der Waals surface area contributed by atoms with Crippen LogP contribution in [-0.4, -0.2) is 47.5 Å². The van der Waals surface area contributed by atoms with Gasteiger partial charge in [-0.15, -0.1) is 0 Å². The monoisotopic (exact) mass is 395 g/mol. The van der Waals surface area contributed by atoms with Crippen molar-refractivity contribution in [3.05, 3.63) is 65.7 Å². The van der Waals surface area contributed by atoms with Crippen molar-refractivity contribution >= 4 is 23.6 Å². The Bertz CT molecular complexity index is 883. The van der Waals surface area contributed by atoms with Crippen molar-refractivity contribution in [1.29, 1.82) is 0 Å². The lowest BCUT2D eigenvalue weighted by molar-refractivity contribution is -0.146. The number of nitrogens with one attached hydrogen (secondary N) is 2. The van der Waals surface area contributed by atoms with Crippen LogP contribution >= 0.6 is 0 Å². The number of hydrogen-bond acceptors (Lipinski definition) is 3. The van der Waals surface area contributed by atoms with Crippen molar-refractivity contribution in [3.8, 4) is 0 Å². The lowest BCUT2D eigenvalue weighted by atomic mass is 9.90. The van der Waals surface area contributed by atoms with E-state index in [2.05, 4.69) is 10.6 Å². The van der Waals surface area contributed by atoms with E-state index < -0.39 is 11.4 Å². The lowest BCUT2D eigenvalue weighted by Crippen LogP contribution is -2.37. The molecule has 2 aromatic rings. The molecule has 2 aromatic carbocycles. The van der Waals surface area contributed by atoms with Crippen molar-refractivity contribution in [2.75, 3.05) is 25.0 Å². The largest absolute Gasteiger partial charge is 0.481 e. The molecule has 152 valence electrons. The lowest BCUT2D eigenvalue weighted by Gasteiger charge is -2.20. The van der Waals surface area contributed by atoms with Gasteiger partial charge < -0.3 is 20.6 Å². The maximum atomic E-state index is 12.4. The molecule has 1 unspecified atom stereocenters. The molecule has 29 heavy (non-hydrogen) atoms. The van der Waals surface area contributed by atoms with Gasteiger partial charge >= 0.3 is 12.0 Å². The van der Waals surface area contributed by atoms with Gasteiger partial charge in [-0.1, -0.05) is 30.3 Å². The Morgan fingerprint density at radius 3 is 2.38 bits per heavy atom. The number of carbonyl (C=O) groups excluding carboxylic acids is 2. The highest BCUT2D eigenvalue weighted by Gasteiger charge is 2.42. The number of amides is 3. The van der Waals surface area contributed by atoms with Crippen LogP contribution in [0.3, 0.4) is 0 Å². The predicted molar refractivity (Wildman–Crippen MR) is 110 cm³/mol. The summed E-state index contributed by atoms with van der Waals surface area (Å²) in [6.45, 7) is 2.76. The standard InChI is InChI=1S/C22H25N3O4/c1-22(20(27)28)12-14-25(15-22)21(29)24-18-9-7-17(8-10-18)19(26)23-13-11-16-5-3-2-4-6-16/h2-10H,11-15H2,1H3,(H,23,26)(H,24,29)(H,27,28). The molecule has 3 N–H and O–H groups in total. The maximum absolute atomic E-state index is 12.4. The second-order valence-corrected chi connectivity index (χ2v) is 7.54. The predicted octanol–water partition coefficient (Wildman–Crippen LogP) is 2.99. The number of hydrogen-bond donors (Lipinski definition) is 3. The second kappa shape index (κ2) is 8.77. The fourth-order valence-electron chi connectivity index (χ4n) is 3.28. The number of urea groups is 1. The summed E-state index contributed by atoms with van der Waals surface area (Å²) < 4.78 is 0. The maximum Gasteiger partial charge on any atom is 0.321 e. The molecule has 0 saturated carbocycles. The Morgan fingerprint density at radius 2 is 1.76 bits per heavy atom. The van der Waals surface area contributed by atoms with Gasteiger partial charge in [0.2, 0.25) is 0 Å². The second-order valence-electron chi connectivity index (χ2n) is 7.54. The van der Waals surface area contributed by atoms with Crippen LogP contribution in [-0.2, 0) is 11.2 Å². The molecule has 1 atom stereocenters. The zero-order valence-electron chi connectivity index (χ0n) is 16.4. The summed E-state index contributed by atoms with van der Waals surface area (Å²) in [7, 11) is 0. The quantitative estimate of drug-likeness (QED) is 0.700. The van der Waals surface area contributed by atoms with E-state index in [9.17, 15) is 19.5 Å². The Morgan fingerprint density at radius 1 is 1.07 bits per heavy atom. The number of carboxylic acid groups (broad SMARTS) is 1. The highest BCUT2D eigenvalue weighted by molar-refractivity contribution is 5.95. The molecule has 1 heterocycles. The molecule has 1 aliphatic rings. The number of nitrogens with zero attached hydrogens (tertiary/aromatic N) is 1. The van der Waals surface area contributed by atoms with Gasteiger partial charge in [0.05, 0.1) is 5.41 Å². The SMILES string of the molecule is CC1(C(=O)O)CCN(C(=O)Nc2ccc(C(=O)NCCc3ccccc3)cc2)C1. The Kier molecular flexibility index (Phi) is 6.16. The van der Waals surface area contributed by atoms with Gasteiger partial charge in [0.1, 0.15) is 0 Å². The van der Waals surface area contributed by atoms with E-state index in [4.69, 9.17) is 0 Å². The van der Waals surface area contributed by atoms with Crippen LogP contribution in [0.15, 0.2) is 54.6 Å². The minimum Gasteiger partial charge on any atom is -0.481 e. The van der Waals surface area contributed by atoms with Crippen LogP contribution in [0.25, 0.3) is 0 Å². The molecular formula is C22H25N3O4. The first-order valence-corrected chi connectivity index (χ1v) is 9.59. The van der Waals surface area contributed by atoms with E-state index >= 15 is 0 Å². The van der Waals surface area contributed by atoms with Gasteiger partial charge in [-0.3, -0.25) is 9.59 Å². The number of carbonyl (C=O) groups is 3. The number of aliphatic carboxylic acids is 1. The third-order valence-corrected chi connectivity index (χ3v) is 5.22. The van der Waals surface area contributed by atoms with Crippen LogP contribution in [0.1, 0.15) is 29.3 Å². The zero-order chi connectivity index (χ0) is 20.9. The Balaban J connectivity index is 1.49. The van der Waals surface area contributed by atoms with E-state index in [-0.39, 0.29) is 18.5 Å². The molecular weight excluding hydrogens is 370 g/mol. The van der Waals surface area contributed by atoms with Crippen molar-refractivity contribution in [1.82, 2.24) is 10.2 Å². The molecule has 7 heteroatoms. The van der Waals surface area contributed by atoms with Crippen molar-refractivity contribution in [2.24, 2.45) is 5.41 Å². The summed E-state index contributed by atoms with van der Waals surface area (Å²) in [5.41, 5.74) is 1.32. The van der Waals surface area contributed by atoms with Crippen molar-refractivity contribution in [3.63, 3.8) is 0 Å². The first-order chi connectivity index (χ1) is 13.9. The summed E-state index contributed by atoms with van der Waals surface area (Å²) in [5, 5.41) is 14.9. The van der Waals surface area contributed by atoms with Gasteiger partial charge in [-0.05, 0) is 49.6 Å². The van der Waals surface area contributed by atoms with Crippen LogP contribution in [0.4, 0.5) is 10.5 Å². The molecule has 0 spiro atoms. The molecule has 3 amide bonds. The molecule has 1 aliphatic heterocycles. The molecule has 0 aliphatic carbocycles. The molecule has 0 radical (unpaired) electrons. The van der Waals surface area contributed by atoms with Gasteiger partial charge in [-0.25, -0.2) is 4.79 Å². The molecule has 3 rings (SSSR count). The number of carboxylic acids is 1. The highest BCUT2D eigenvalue weighted by Crippen LogP contribution is 2.30. The summed E-state index contributed by atoms with van der Waals surface area (Å²) in [5.74, 6) is -1.06. The molecule has 0 bridgehead atoms. The van der Waals surface area contributed by atoms with Crippen molar-refractivity contribution < 1.29 is 19.5 Å². The smallest absolute Gasteiger partial charge is 0.321 e. The van der Waals surface area contributed by atoms with Gasteiger partial charge in [0.25, 0.3) is 5.91 Å². The Hall–Kier alpha value is -3.35. The first kappa shape index (κ1) is 20.4. The van der Waals surface area contributed by atoms with Crippen LogP contribution in [0.2, 0.25) is 0 Å². The normalized spacial score (nSPS) is 18.3. The zero-order valence-corrected chi connectivity index (χ0v) is 16.4. The molecule has 1 fully saturated rings. The summed E-state index contributed by atoms with van der Waals surface area (Å²) in [6.07, 6.45) is 1.18. The number of benzene rings is 2. The van der Waals surface area contributed by atoms with Crippen LogP contribution in [0, 0.1) is 5.41 Å². The first-order valence-electron chi connectivity index (χ1n) is 9.59. The van der Waals surface area contributed by atoms with E-state index in [0.29, 0.717) is 30.8 Å².